The molecule has 1 spiro atoms. The highest BCUT2D eigenvalue weighted by molar-refractivity contribution is 5.01. The smallest absolute Gasteiger partial charge is 0.0125 e. The van der Waals surface area contributed by atoms with Crippen LogP contribution in [-0.4, -0.2) is 23.5 Å². The molecule has 0 radical (unpaired) electrons. The van der Waals surface area contributed by atoms with Gasteiger partial charge in [-0.3, -0.25) is 4.90 Å². The lowest BCUT2D eigenvalue weighted by atomic mass is 9.63. The Morgan fingerprint density at radius 3 is 1.94 bits per heavy atom. The summed E-state index contributed by atoms with van der Waals surface area (Å²) in [4.78, 5) is 2.66. The topological polar surface area (TPSA) is 3.24 Å². The Morgan fingerprint density at radius 1 is 1.06 bits per heavy atom. The molecular formula is C15H29N. The molecule has 1 nitrogen and oxygen atoms in total. The first-order chi connectivity index (χ1) is 7.32. The first-order valence-corrected chi connectivity index (χ1v) is 7.07. The van der Waals surface area contributed by atoms with Crippen LogP contribution in [0.1, 0.15) is 60.3 Å². The number of likely N-dealkylation sites (tertiary alicyclic amines) is 1. The molecule has 1 aliphatic heterocycles. The van der Waals surface area contributed by atoms with Crippen LogP contribution in [0.3, 0.4) is 0 Å². The predicted molar refractivity (Wildman–Crippen MR) is 70.6 cm³/mol. The molecule has 1 aliphatic carbocycles. The van der Waals surface area contributed by atoms with Crippen LogP contribution in [0.15, 0.2) is 0 Å². The van der Waals surface area contributed by atoms with E-state index in [1.54, 1.807) is 0 Å². The third-order valence-corrected chi connectivity index (χ3v) is 5.03. The number of hydrogen-bond acceptors (Lipinski definition) is 1. The van der Waals surface area contributed by atoms with Crippen molar-refractivity contribution in [2.24, 2.45) is 17.3 Å². The van der Waals surface area contributed by atoms with Crippen molar-refractivity contribution in [2.45, 2.75) is 65.8 Å². The summed E-state index contributed by atoms with van der Waals surface area (Å²) in [5.74, 6) is 1.91. The molecule has 2 fully saturated rings. The number of rotatable bonds is 1. The zero-order chi connectivity index (χ0) is 12.0. The first-order valence-electron chi connectivity index (χ1n) is 7.07. The van der Waals surface area contributed by atoms with Crippen molar-refractivity contribution in [2.75, 3.05) is 13.1 Å². The van der Waals surface area contributed by atoms with Crippen LogP contribution in [0.2, 0.25) is 0 Å². The maximum absolute atomic E-state index is 2.66. The maximum atomic E-state index is 2.66. The van der Waals surface area contributed by atoms with E-state index in [9.17, 15) is 0 Å². The summed E-state index contributed by atoms with van der Waals surface area (Å²) in [6.45, 7) is 14.6. The molecule has 94 valence electrons. The van der Waals surface area contributed by atoms with Gasteiger partial charge in [0.05, 0.1) is 0 Å². The Balaban J connectivity index is 1.83. The lowest BCUT2D eigenvalue weighted by Gasteiger charge is -2.58. The molecule has 0 aromatic rings. The van der Waals surface area contributed by atoms with Gasteiger partial charge in [-0.25, -0.2) is 0 Å². The van der Waals surface area contributed by atoms with Crippen molar-refractivity contribution in [3.63, 3.8) is 0 Å². The van der Waals surface area contributed by atoms with Gasteiger partial charge < -0.3 is 0 Å². The molecule has 0 atom stereocenters. The highest BCUT2D eigenvalue weighted by Crippen LogP contribution is 2.48. The Kier molecular flexibility index (Phi) is 3.11. The zero-order valence-corrected chi connectivity index (χ0v) is 11.8. The van der Waals surface area contributed by atoms with Crippen LogP contribution < -0.4 is 0 Å². The molecule has 0 unspecified atom stereocenters. The van der Waals surface area contributed by atoms with E-state index in [1.807, 2.05) is 0 Å². The van der Waals surface area contributed by atoms with Crippen LogP contribution >= 0.6 is 0 Å². The lowest BCUT2D eigenvalue weighted by molar-refractivity contribution is -0.0876. The van der Waals surface area contributed by atoms with Gasteiger partial charge in [-0.15, -0.1) is 0 Å². The predicted octanol–water partition coefficient (Wildman–Crippen LogP) is 3.93. The standard InChI is InChI=1S/C15H29N/c1-12(2)13-6-8-15(9-7-13)10-16(11-15)14(3,4)5/h12-13H,6-11H2,1-5H3. The Morgan fingerprint density at radius 2 is 1.56 bits per heavy atom. The molecule has 2 aliphatic rings. The van der Waals surface area contributed by atoms with Gasteiger partial charge in [0, 0.05) is 18.6 Å². The van der Waals surface area contributed by atoms with E-state index < -0.39 is 0 Å². The average Bonchev–Trinajstić information content (AvgIpc) is 2.12. The van der Waals surface area contributed by atoms with Crippen LogP contribution in [0.25, 0.3) is 0 Å². The van der Waals surface area contributed by atoms with Gasteiger partial charge in [-0.05, 0) is 63.7 Å². The zero-order valence-electron chi connectivity index (χ0n) is 11.8. The molecule has 0 aromatic carbocycles. The number of hydrogen-bond donors (Lipinski definition) is 0. The third-order valence-electron chi connectivity index (χ3n) is 5.03. The van der Waals surface area contributed by atoms with E-state index in [-0.39, 0.29) is 0 Å². The molecule has 0 bridgehead atoms. The van der Waals surface area contributed by atoms with Crippen molar-refractivity contribution in [3.05, 3.63) is 0 Å². The summed E-state index contributed by atoms with van der Waals surface area (Å²) in [6, 6.07) is 0. The van der Waals surface area contributed by atoms with E-state index in [0.29, 0.717) is 5.54 Å². The Hall–Kier alpha value is -0.0400. The van der Waals surface area contributed by atoms with E-state index in [1.165, 1.54) is 38.8 Å². The highest BCUT2D eigenvalue weighted by atomic mass is 15.3. The van der Waals surface area contributed by atoms with Gasteiger partial charge in [0.15, 0.2) is 0 Å². The number of nitrogens with zero attached hydrogens (tertiary/aromatic N) is 1. The quantitative estimate of drug-likeness (QED) is 0.651. The molecule has 1 saturated carbocycles. The fourth-order valence-electron chi connectivity index (χ4n) is 3.47. The van der Waals surface area contributed by atoms with Gasteiger partial charge in [0.1, 0.15) is 0 Å². The molecule has 0 N–H and O–H groups in total. The third kappa shape index (κ3) is 2.30. The van der Waals surface area contributed by atoms with Gasteiger partial charge in [-0.2, -0.15) is 0 Å². The maximum Gasteiger partial charge on any atom is 0.0125 e. The summed E-state index contributed by atoms with van der Waals surface area (Å²) in [5, 5.41) is 0. The minimum absolute atomic E-state index is 0.389. The molecule has 2 rings (SSSR count). The largest absolute Gasteiger partial charge is 0.297 e. The highest BCUT2D eigenvalue weighted by Gasteiger charge is 2.48. The fourth-order valence-corrected chi connectivity index (χ4v) is 3.47. The molecule has 0 amide bonds. The minimum atomic E-state index is 0.389. The normalized spacial score (nSPS) is 27.4. The Bertz CT molecular complexity index is 233. The average molecular weight is 223 g/mol. The van der Waals surface area contributed by atoms with Crippen LogP contribution in [-0.2, 0) is 0 Å². The molecule has 0 aromatic heterocycles. The second kappa shape index (κ2) is 4.01. The lowest BCUT2D eigenvalue weighted by Crippen LogP contribution is -2.63. The van der Waals surface area contributed by atoms with E-state index in [2.05, 4.69) is 39.5 Å². The van der Waals surface area contributed by atoms with Crippen LogP contribution in [0.4, 0.5) is 0 Å². The van der Waals surface area contributed by atoms with Crippen molar-refractivity contribution < 1.29 is 0 Å². The van der Waals surface area contributed by atoms with Gasteiger partial charge in [0.25, 0.3) is 0 Å². The second-order valence-corrected chi connectivity index (χ2v) is 7.61. The molecule has 16 heavy (non-hydrogen) atoms. The SMILES string of the molecule is CC(C)C1CCC2(CC1)CN(C(C)(C)C)C2. The molecule has 1 heterocycles. The molecular weight excluding hydrogens is 194 g/mol. The summed E-state index contributed by atoms with van der Waals surface area (Å²) >= 11 is 0. The second-order valence-electron chi connectivity index (χ2n) is 7.61. The minimum Gasteiger partial charge on any atom is -0.297 e. The summed E-state index contributed by atoms with van der Waals surface area (Å²) in [7, 11) is 0. The van der Waals surface area contributed by atoms with Crippen molar-refractivity contribution in [1.29, 1.82) is 0 Å². The van der Waals surface area contributed by atoms with E-state index in [4.69, 9.17) is 0 Å². The summed E-state index contributed by atoms with van der Waals surface area (Å²) < 4.78 is 0. The summed E-state index contributed by atoms with van der Waals surface area (Å²) in [5.41, 5.74) is 1.11. The van der Waals surface area contributed by atoms with Crippen molar-refractivity contribution in [3.8, 4) is 0 Å². The van der Waals surface area contributed by atoms with Crippen molar-refractivity contribution >= 4 is 0 Å². The van der Waals surface area contributed by atoms with Gasteiger partial charge in [-0.1, -0.05) is 13.8 Å². The summed E-state index contributed by atoms with van der Waals surface area (Å²) in [6.07, 6.45) is 5.94. The van der Waals surface area contributed by atoms with Gasteiger partial charge >= 0.3 is 0 Å². The molecule has 1 saturated heterocycles. The first kappa shape index (κ1) is 12.4. The monoisotopic (exact) mass is 223 g/mol. The van der Waals surface area contributed by atoms with E-state index >= 15 is 0 Å². The molecule has 1 heteroatoms. The van der Waals surface area contributed by atoms with Crippen LogP contribution in [0.5, 0.6) is 0 Å². The van der Waals surface area contributed by atoms with Crippen molar-refractivity contribution in [1.82, 2.24) is 4.90 Å². The van der Waals surface area contributed by atoms with E-state index in [0.717, 1.165) is 17.3 Å². The van der Waals surface area contributed by atoms with Gasteiger partial charge in [0.2, 0.25) is 0 Å². The fraction of sp³-hybridized carbons (Fsp3) is 1.00. The van der Waals surface area contributed by atoms with Crippen LogP contribution in [0, 0.1) is 17.3 Å². The Labute approximate surface area is 102 Å².